The molecule has 2 aromatic heterocycles. The first-order chi connectivity index (χ1) is 39.7. The van der Waals surface area contributed by atoms with Gasteiger partial charge in [-0.25, -0.2) is 0 Å². The van der Waals surface area contributed by atoms with Crippen LogP contribution in [0.5, 0.6) is 0 Å². The Morgan fingerprint density at radius 3 is 1.16 bits per heavy atom. The first kappa shape index (κ1) is 44.6. The average Bonchev–Trinajstić information content (AvgIpc) is 4.26. The van der Waals surface area contributed by atoms with Crippen LogP contribution in [-0.2, 0) is 0 Å². The zero-order valence-corrected chi connectivity index (χ0v) is 43.4. The molecule has 0 N–H and O–H groups in total. The van der Waals surface area contributed by atoms with Crippen molar-refractivity contribution in [2.45, 2.75) is 0 Å². The van der Waals surface area contributed by atoms with Crippen molar-refractivity contribution < 1.29 is 8.83 Å². The van der Waals surface area contributed by atoms with Gasteiger partial charge in [0.05, 0.1) is 0 Å². The van der Waals surface area contributed by atoms with Gasteiger partial charge in [-0.1, -0.05) is 249 Å². The van der Waals surface area contributed by atoms with E-state index >= 15 is 0 Å². The standard InChI is InChI=1S/C78H46O2/c1-2-21-48-46-49(41-40-47(48)20-1)50-22-3-6-25-54(50)72-55-26-7-13-32-61(55)75(62-33-14-8-27-56(62)72)68-45-44-64(78-77(68)66-35-16-18-38-70(66)80-78)53-42-43-63(52-24-5-4-23-51(52)53)73-57-28-9-11-30-59(57)74(60-31-12-10-29-58(60)73)67-36-19-39-71-76(67)65-34-15-17-37-69(65)79-71/h1-46H. The lowest BCUT2D eigenvalue weighted by Crippen LogP contribution is -1.94. The van der Waals surface area contributed by atoms with Crippen LogP contribution in [0.4, 0.5) is 0 Å². The van der Waals surface area contributed by atoms with E-state index in [-0.39, 0.29) is 0 Å². The van der Waals surface area contributed by atoms with Gasteiger partial charge in [-0.15, -0.1) is 0 Å². The highest BCUT2D eigenvalue weighted by Crippen LogP contribution is 2.53. The minimum Gasteiger partial charge on any atom is -0.456 e. The lowest BCUT2D eigenvalue weighted by atomic mass is 9.82. The average molecular weight is 1020 g/mol. The molecule has 2 heteroatoms. The van der Waals surface area contributed by atoms with Crippen LogP contribution in [0.25, 0.3) is 175 Å². The highest BCUT2D eigenvalue weighted by Gasteiger charge is 2.26. The normalized spacial score (nSPS) is 12.0. The Morgan fingerprint density at radius 2 is 0.562 bits per heavy atom. The summed E-state index contributed by atoms with van der Waals surface area (Å²) in [7, 11) is 0. The number of furan rings is 2. The molecule has 0 spiro atoms. The number of fused-ring (bicyclic) bond motifs is 12. The summed E-state index contributed by atoms with van der Waals surface area (Å²) < 4.78 is 13.7. The second-order valence-electron chi connectivity index (χ2n) is 21.2. The SMILES string of the molecule is c1ccc(-c2c3ccccc3c(-c3ccc(-c4ccc(-c5c6ccccc6c(-c6cccc7oc8ccccc8c67)c6ccccc56)c5ccccc45)c4oc5ccccc5c34)c3ccccc23)c(-c2ccc3ccccc3c2)c1. The molecule has 0 saturated heterocycles. The molecule has 0 saturated carbocycles. The smallest absolute Gasteiger partial charge is 0.143 e. The zero-order chi connectivity index (χ0) is 52.4. The molecule has 0 aliphatic rings. The summed E-state index contributed by atoms with van der Waals surface area (Å²) in [5.41, 5.74) is 17.7. The predicted molar refractivity (Wildman–Crippen MR) is 339 cm³/mol. The van der Waals surface area contributed by atoms with Crippen LogP contribution < -0.4 is 0 Å². The Bertz CT molecular complexity index is 5320. The fourth-order valence-electron chi connectivity index (χ4n) is 13.7. The monoisotopic (exact) mass is 1010 g/mol. The Morgan fingerprint density at radius 1 is 0.188 bits per heavy atom. The van der Waals surface area contributed by atoms with Crippen molar-refractivity contribution in [3.63, 3.8) is 0 Å². The molecule has 15 aromatic carbocycles. The predicted octanol–water partition coefficient (Wildman–Crippen LogP) is 22.4. The summed E-state index contributed by atoms with van der Waals surface area (Å²) in [4.78, 5) is 0. The van der Waals surface area contributed by atoms with Crippen molar-refractivity contribution in [1.82, 2.24) is 0 Å². The highest BCUT2D eigenvalue weighted by molar-refractivity contribution is 6.30. The summed E-state index contributed by atoms with van der Waals surface area (Å²) in [6.45, 7) is 0. The van der Waals surface area contributed by atoms with Crippen molar-refractivity contribution in [1.29, 1.82) is 0 Å². The molecule has 17 rings (SSSR count). The molecule has 0 bridgehead atoms. The minimum atomic E-state index is 0.865. The summed E-state index contributed by atoms with van der Waals surface area (Å²) in [5, 5.41) is 18.9. The van der Waals surface area contributed by atoms with E-state index in [0.29, 0.717) is 0 Å². The molecule has 80 heavy (non-hydrogen) atoms. The third-order valence-corrected chi connectivity index (χ3v) is 17.1. The molecule has 0 aliphatic heterocycles. The van der Waals surface area contributed by atoms with Gasteiger partial charge in [0, 0.05) is 27.1 Å². The van der Waals surface area contributed by atoms with E-state index in [1.165, 1.54) is 109 Å². The van der Waals surface area contributed by atoms with Crippen LogP contribution in [0.2, 0.25) is 0 Å². The van der Waals surface area contributed by atoms with E-state index in [4.69, 9.17) is 8.83 Å². The number of hydrogen-bond acceptors (Lipinski definition) is 2. The molecule has 2 heterocycles. The summed E-state index contributed by atoms with van der Waals surface area (Å²) in [6.07, 6.45) is 0. The third kappa shape index (κ3) is 6.54. The van der Waals surface area contributed by atoms with E-state index in [1.54, 1.807) is 0 Å². The van der Waals surface area contributed by atoms with E-state index in [0.717, 1.165) is 66.0 Å². The number of rotatable bonds is 6. The van der Waals surface area contributed by atoms with Crippen LogP contribution in [-0.4, -0.2) is 0 Å². The maximum Gasteiger partial charge on any atom is 0.143 e. The Labute approximate surface area is 460 Å². The summed E-state index contributed by atoms with van der Waals surface area (Å²) in [5.74, 6) is 0. The van der Waals surface area contributed by atoms with Crippen LogP contribution in [0, 0.1) is 0 Å². The van der Waals surface area contributed by atoms with Gasteiger partial charge in [0.2, 0.25) is 0 Å². The Kier molecular flexibility index (Phi) is 9.75. The van der Waals surface area contributed by atoms with Gasteiger partial charge in [0.15, 0.2) is 0 Å². The second kappa shape index (κ2) is 17.5. The van der Waals surface area contributed by atoms with Crippen molar-refractivity contribution >= 4 is 109 Å². The molecule has 0 radical (unpaired) electrons. The summed E-state index contributed by atoms with van der Waals surface area (Å²) >= 11 is 0. The zero-order valence-electron chi connectivity index (χ0n) is 43.4. The topological polar surface area (TPSA) is 26.3 Å². The van der Waals surface area contributed by atoms with Gasteiger partial charge in [-0.3, -0.25) is 0 Å². The van der Waals surface area contributed by atoms with E-state index in [1.807, 2.05) is 6.07 Å². The molecule has 17 aromatic rings. The molecule has 2 nitrogen and oxygen atoms in total. The molecule has 370 valence electrons. The van der Waals surface area contributed by atoms with Crippen LogP contribution >= 0.6 is 0 Å². The van der Waals surface area contributed by atoms with Crippen molar-refractivity contribution in [3.8, 4) is 66.8 Å². The van der Waals surface area contributed by atoms with Gasteiger partial charge in [0.1, 0.15) is 22.3 Å². The number of benzene rings is 15. The van der Waals surface area contributed by atoms with Crippen molar-refractivity contribution in [2.75, 3.05) is 0 Å². The van der Waals surface area contributed by atoms with Crippen LogP contribution in [0.1, 0.15) is 0 Å². The van der Waals surface area contributed by atoms with Gasteiger partial charge < -0.3 is 8.83 Å². The van der Waals surface area contributed by atoms with E-state index < -0.39 is 0 Å². The molecular weight excluding hydrogens is 969 g/mol. The van der Waals surface area contributed by atoms with Crippen LogP contribution in [0.3, 0.4) is 0 Å². The Hall–Kier alpha value is -10.5. The molecule has 0 amide bonds. The van der Waals surface area contributed by atoms with E-state index in [2.05, 4.69) is 273 Å². The molecule has 0 aliphatic carbocycles. The third-order valence-electron chi connectivity index (χ3n) is 17.1. The number of hydrogen-bond donors (Lipinski definition) is 0. The maximum atomic E-state index is 7.19. The van der Waals surface area contributed by atoms with Crippen LogP contribution in [0.15, 0.2) is 288 Å². The molecular formula is C78H46O2. The maximum absolute atomic E-state index is 7.19. The Balaban J connectivity index is 0.886. The lowest BCUT2D eigenvalue weighted by Gasteiger charge is -2.21. The minimum absolute atomic E-state index is 0.865. The van der Waals surface area contributed by atoms with E-state index in [9.17, 15) is 0 Å². The number of para-hydroxylation sites is 2. The first-order valence-corrected chi connectivity index (χ1v) is 27.6. The van der Waals surface area contributed by atoms with Gasteiger partial charge in [-0.2, -0.15) is 0 Å². The van der Waals surface area contributed by atoms with Crippen molar-refractivity contribution in [2.24, 2.45) is 0 Å². The van der Waals surface area contributed by atoms with Crippen molar-refractivity contribution in [3.05, 3.63) is 279 Å². The largest absolute Gasteiger partial charge is 0.456 e. The fraction of sp³-hybridized carbons (Fsp3) is 0. The quantitative estimate of drug-likeness (QED) is 0.155. The molecule has 0 fully saturated rings. The lowest BCUT2D eigenvalue weighted by molar-refractivity contribution is 0.669. The second-order valence-corrected chi connectivity index (χ2v) is 21.2. The molecule has 0 unspecified atom stereocenters. The van der Waals surface area contributed by atoms with Gasteiger partial charge in [0.25, 0.3) is 0 Å². The highest BCUT2D eigenvalue weighted by atomic mass is 16.3. The summed E-state index contributed by atoms with van der Waals surface area (Å²) in [6, 6.07) is 102. The van der Waals surface area contributed by atoms with Gasteiger partial charge >= 0.3 is 0 Å². The first-order valence-electron chi connectivity index (χ1n) is 27.6. The van der Waals surface area contributed by atoms with Gasteiger partial charge in [-0.05, 0) is 156 Å². The molecule has 0 atom stereocenters. The fourth-order valence-corrected chi connectivity index (χ4v) is 13.7.